The lowest BCUT2D eigenvalue weighted by molar-refractivity contribution is -0.139. The van der Waals surface area contributed by atoms with E-state index in [0.717, 1.165) is 25.7 Å². The third kappa shape index (κ3) is 4.19. The molecule has 0 aliphatic heterocycles. The second-order valence-electron chi connectivity index (χ2n) is 8.77. The summed E-state index contributed by atoms with van der Waals surface area (Å²) >= 11 is 0. The number of methoxy groups -OCH3 is 1. The normalized spacial score (nSPS) is 23.4. The molecule has 2 aliphatic carbocycles. The lowest BCUT2D eigenvalue weighted by Crippen LogP contribution is -2.54. The first kappa shape index (κ1) is 19.4. The number of carbonyl (C=O) groups is 2. The molecule has 0 bridgehead atoms. The summed E-state index contributed by atoms with van der Waals surface area (Å²) in [7, 11) is 1.73. The molecule has 0 radical (unpaired) electrons. The quantitative estimate of drug-likeness (QED) is 0.767. The molecule has 2 atom stereocenters. The Hall–Kier alpha value is -0.900. The molecule has 4 nitrogen and oxygen atoms in total. The van der Waals surface area contributed by atoms with Gasteiger partial charge in [0.15, 0.2) is 5.78 Å². The van der Waals surface area contributed by atoms with Crippen LogP contribution in [0.25, 0.3) is 0 Å². The number of ketones is 1. The summed E-state index contributed by atoms with van der Waals surface area (Å²) in [6, 6.07) is -0.422. The Kier molecular flexibility index (Phi) is 6.11. The fourth-order valence-electron chi connectivity index (χ4n) is 4.33. The third-order valence-electron chi connectivity index (χ3n) is 5.94. The molecule has 138 valence electrons. The molecule has 24 heavy (non-hydrogen) atoms. The zero-order chi connectivity index (χ0) is 18.0. The Labute approximate surface area is 147 Å². The van der Waals surface area contributed by atoms with Crippen LogP contribution in [0.15, 0.2) is 0 Å². The van der Waals surface area contributed by atoms with Crippen molar-refractivity contribution in [2.75, 3.05) is 7.11 Å². The van der Waals surface area contributed by atoms with Crippen molar-refractivity contribution in [1.29, 1.82) is 0 Å². The highest BCUT2D eigenvalue weighted by molar-refractivity contribution is 5.91. The fraction of sp³-hybridized carbons (Fsp3) is 0.900. The van der Waals surface area contributed by atoms with E-state index >= 15 is 0 Å². The van der Waals surface area contributed by atoms with Gasteiger partial charge in [0.25, 0.3) is 0 Å². The first-order chi connectivity index (χ1) is 11.2. The average Bonchev–Trinajstić information content (AvgIpc) is 3.33. The van der Waals surface area contributed by atoms with E-state index in [-0.39, 0.29) is 28.6 Å². The van der Waals surface area contributed by atoms with Gasteiger partial charge in [-0.05, 0) is 37.0 Å². The maximum absolute atomic E-state index is 13.2. The van der Waals surface area contributed by atoms with Crippen molar-refractivity contribution < 1.29 is 14.3 Å². The van der Waals surface area contributed by atoms with Gasteiger partial charge in [-0.3, -0.25) is 9.59 Å². The summed E-state index contributed by atoms with van der Waals surface area (Å²) in [6.45, 7) is 7.92. The van der Waals surface area contributed by atoms with Gasteiger partial charge < -0.3 is 10.1 Å². The molecule has 0 aromatic rings. The number of Topliss-reactive ketones (excluding diaryl/α,β-unsaturated/α-hetero) is 1. The summed E-state index contributed by atoms with van der Waals surface area (Å²) in [6.07, 6.45) is 8.24. The molecule has 0 heterocycles. The summed E-state index contributed by atoms with van der Waals surface area (Å²) in [5, 5.41) is 3.12. The van der Waals surface area contributed by atoms with Gasteiger partial charge in [-0.1, -0.05) is 47.0 Å². The number of hydrogen-bond donors (Lipinski definition) is 1. The SMILES string of the molecule is CCC(=O)[C@@H](NC(=O)[C@@H](C1CCCCC1)C1(OC)CC1)C(C)(C)C. The van der Waals surface area contributed by atoms with Crippen LogP contribution in [0.5, 0.6) is 0 Å². The van der Waals surface area contributed by atoms with E-state index < -0.39 is 6.04 Å². The topological polar surface area (TPSA) is 55.4 Å². The second kappa shape index (κ2) is 7.55. The fourth-order valence-corrected chi connectivity index (χ4v) is 4.33. The van der Waals surface area contributed by atoms with Crippen LogP contribution in [-0.2, 0) is 14.3 Å². The molecule has 0 unspecified atom stereocenters. The molecular weight excluding hydrogens is 302 g/mol. The van der Waals surface area contributed by atoms with E-state index in [2.05, 4.69) is 5.32 Å². The van der Waals surface area contributed by atoms with Crippen molar-refractivity contribution in [2.24, 2.45) is 17.3 Å². The van der Waals surface area contributed by atoms with E-state index in [1.807, 2.05) is 27.7 Å². The standard InChI is InChI=1S/C20H35NO3/c1-6-15(22)17(19(2,3)4)21-18(23)16(20(24-5)12-13-20)14-10-8-7-9-11-14/h14,16-17H,6-13H2,1-5H3,(H,21,23)/t16-,17-/m1/s1. The van der Waals surface area contributed by atoms with Crippen LogP contribution >= 0.6 is 0 Å². The Morgan fingerprint density at radius 2 is 1.75 bits per heavy atom. The average molecular weight is 338 g/mol. The van der Waals surface area contributed by atoms with Crippen LogP contribution in [0.3, 0.4) is 0 Å². The minimum Gasteiger partial charge on any atom is -0.377 e. The molecule has 2 aliphatic rings. The highest BCUT2D eigenvalue weighted by Gasteiger charge is 2.56. The molecule has 2 rings (SSSR count). The number of carbonyl (C=O) groups excluding carboxylic acids is 2. The minimum atomic E-state index is -0.422. The molecule has 0 spiro atoms. The first-order valence-electron chi connectivity index (χ1n) is 9.63. The third-order valence-corrected chi connectivity index (χ3v) is 5.94. The highest BCUT2D eigenvalue weighted by Crippen LogP contribution is 2.51. The molecular formula is C20H35NO3. The van der Waals surface area contributed by atoms with Gasteiger partial charge in [0, 0.05) is 13.5 Å². The molecule has 1 amide bonds. The summed E-state index contributed by atoms with van der Waals surface area (Å²) in [5.74, 6) is 0.416. The first-order valence-corrected chi connectivity index (χ1v) is 9.63. The van der Waals surface area contributed by atoms with Gasteiger partial charge in [0.05, 0.1) is 17.6 Å². The van der Waals surface area contributed by atoms with Crippen molar-refractivity contribution in [3.63, 3.8) is 0 Å². The van der Waals surface area contributed by atoms with Crippen LogP contribution in [0.1, 0.15) is 79.1 Å². The lowest BCUT2D eigenvalue weighted by atomic mass is 9.75. The van der Waals surface area contributed by atoms with Gasteiger partial charge in [0.2, 0.25) is 5.91 Å². The van der Waals surface area contributed by atoms with Crippen molar-refractivity contribution in [3.8, 4) is 0 Å². The number of nitrogens with one attached hydrogen (secondary N) is 1. The molecule has 0 saturated heterocycles. The summed E-state index contributed by atoms with van der Waals surface area (Å²) < 4.78 is 5.79. The summed E-state index contributed by atoms with van der Waals surface area (Å²) in [4.78, 5) is 25.6. The lowest BCUT2D eigenvalue weighted by Gasteiger charge is -2.37. The Morgan fingerprint density at radius 1 is 1.17 bits per heavy atom. The monoisotopic (exact) mass is 337 g/mol. The number of amides is 1. The zero-order valence-corrected chi connectivity index (χ0v) is 16.1. The van der Waals surface area contributed by atoms with Crippen molar-refractivity contribution in [2.45, 2.75) is 90.7 Å². The van der Waals surface area contributed by atoms with Gasteiger partial charge in [0.1, 0.15) is 0 Å². The molecule has 0 aromatic carbocycles. The predicted molar refractivity (Wildman–Crippen MR) is 95.7 cm³/mol. The number of rotatable bonds is 7. The smallest absolute Gasteiger partial charge is 0.226 e. The van der Waals surface area contributed by atoms with E-state index in [1.54, 1.807) is 7.11 Å². The van der Waals surface area contributed by atoms with Gasteiger partial charge in [-0.25, -0.2) is 0 Å². The maximum atomic E-state index is 13.2. The van der Waals surface area contributed by atoms with E-state index in [9.17, 15) is 9.59 Å². The van der Waals surface area contributed by atoms with Crippen molar-refractivity contribution in [3.05, 3.63) is 0 Å². The van der Waals surface area contributed by atoms with Crippen molar-refractivity contribution >= 4 is 11.7 Å². The van der Waals surface area contributed by atoms with Crippen LogP contribution in [0, 0.1) is 17.3 Å². The predicted octanol–water partition coefficient (Wildman–Crippen LogP) is 3.87. The molecule has 0 aromatic heterocycles. The molecule has 1 N–H and O–H groups in total. The number of hydrogen-bond acceptors (Lipinski definition) is 3. The van der Waals surface area contributed by atoms with Gasteiger partial charge in [-0.15, -0.1) is 0 Å². The summed E-state index contributed by atoms with van der Waals surface area (Å²) in [5.41, 5.74) is -0.562. The Morgan fingerprint density at radius 3 is 2.17 bits per heavy atom. The van der Waals surface area contributed by atoms with Gasteiger partial charge >= 0.3 is 0 Å². The molecule has 4 heteroatoms. The van der Waals surface area contributed by atoms with Crippen LogP contribution < -0.4 is 5.32 Å². The Balaban J connectivity index is 2.19. The molecule has 2 fully saturated rings. The zero-order valence-electron chi connectivity index (χ0n) is 16.1. The Bertz CT molecular complexity index is 456. The van der Waals surface area contributed by atoms with Gasteiger partial charge in [-0.2, -0.15) is 0 Å². The highest BCUT2D eigenvalue weighted by atomic mass is 16.5. The van der Waals surface area contributed by atoms with Crippen molar-refractivity contribution in [1.82, 2.24) is 5.32 Å². The second-order valence-corrected chi connectivity index (χ2v) is 8.77. The van der Waals surface area contributed by atoms with E-state index in [0.29, 0.717) is 12.3 Å². The van der Waals surface area contributed by atoms with E-state index in [1.165, 1.54) is 19.3 Å². The van der Waals surface area contributed by atoms with Crippen LogP contribution in [0.2, 0.25) is 0 Å². The van der Waals surface area contributed by atoms with Crippen LogP contribution in [-0.4, -0.2) is 30.4 Å². The largest absolute Gasteiger partial charge is 0.377 e. The van der Waals surface area contributed by atoms with Crippen LogP contribution in [0.4, 0.5) is 0 Å². The van der Waals surface area contributed by atoms with E-state index in [4.69, 9.17) is 4.74 Å². The minimum absolute atomic E-state index is 0.0305. The maximum Gasteiger partial charge on any atom is 0.226 e. The number of ether oxygens (including phenoxy) is 1. The molecule has 2 saturated carbocycles.